The highest BCUT2D eigenvalue weighted by Gasteiger charge is 2.17. The van der Waals surface area contributed by atoms with Gasteiger partial charge in [-0.2, -0.15) is 0 Å². The molecule has 0 aromatic heterocycles. The summed E-state index contributed by atoms with van der Waals surface area (Å²) < 4.78 is 27.5. The lowest BCUT2D eigenvalue weighted by atomic mass is 10.1. The lowest BCUT2D eigenvalue weighted by molar-refractivity contribution is -0.136. The molecule has 0 unspecified atom stereocenters. The number of nitrogens with one attached hydrogen (secondary N) is 1. The first-order valence-corrected chi connectivity index (χ1v) is 8.24. The van der Waals surface area contributed by atoms with Crippen LogP contribution in [0.5, 0.6) is 0 Å². The highest BCUT2D eigenvalue weighted by Crippen LogP contribution is 2.24. The average molecular weight is 370 g/mol. The maximum atomic E-state index is 12.3. The van der Waals surface area contributed by atoms with E-state index in [1.807, 2.05) is 0 Å². The number of sulfonamides is 1. The van der Waals surface area contributed by atoms with Crippen LogP contribution >= 0.6 is 15.9 Å². The summed E-state index contributed by atoms with van der Waals surface area (Å²) in [4.78, 5) is 10.8. The predicted molar refractivity (Wildman–Crippen MR) is 82.7 cm³/mol. The third kappa shape index (κ3) is 4.05. The van der Waals surface area contributed by atoms with E-state index in [2.05, 4.69) is 20.7 Å². The van der Waals surface area contributed by atoms with E-state index in [-0.39, 0.29) is 11.3 Å². The molecule has 0 amide bonds. The summed E-state index contributed by atoms with van der Waals surface area (Å²) in [6, 6.07) is 12.8. The number of carbonyl (C=O) groups is 1. The van der Waals surface area contributed by atoms with Crippen molar-refractivity contribution in [2.24, 2.45) is 0 Å². The Bertz CT molecular complexity index is 774. The fourth-order valence-corrected chi connectivity index (χ4v) is 3.85. The van der Waals surface area contributed by atoms with Gasteiger partial charge in [-0.1, -0.05) is 24.3 Å². The molecule has 2 aromatic rings. The zero-order valence-electron chi connectivity index (χ0n) is 10.8. The second-order valence-corrected chi connectivity index (χ2v) is 6.81. The fraction of sp³-hybridized carbons (Fsp3) is 0.0714. The maximum absolute atomic E-state index is 12.3. The van der Waals surface area contributed by atoms with E-state index < -0.39 is 16.0 Å². The molecule has 0 atom stereocenters. The Hall–Kier alpha value is -1.86. The van der Waals surface area contributed by atoms with Crippen LogP contribution in [0.3, 0.4) is 0 Å². The zero-order chi connectivity index (χ0) is 15.5. The SMILES string of the molecule is O=C(O)Cc1cccc(NS(=O)(=O)c2ccccc2Br)c1. The second kappa shape index (κ2) is 6.28. The van der Waals surface area contributed by atoms with Crippen LogP contribution in [-0.4, -0.2) is 19.5 Å². The van der Waals surface area contributed by atoms with Gasteiger partial charge in [-0.15, -0.1) is 0 Å². The Morgan fingerprint density at radius 1 is 1.14 bits per heavy atom. The van der Waals surface area contributed by atoms with Gasteiger partial charge in [0.25, 0.3) is 10.0 Å². The number of hydrogen-bond acceptors (Lipinski definition) is 3. The molecule has 0 bridgehead atoms. The van der Waals surface area contributed by atoms with Crippen molar-refractivity contribution in [1.29, 1.82) is 0 Å². The van der Waals surface area contributed by atoms with Crippen molar-refractivity contribution in [3.63, 3.8) is 0 Å². The molecule has 0 saturated heterocycles. The maximum Gasteiger partial charge on any atom is 0.307 e. The largest absolute Gasteiger partial charge is 0.481 e. The topological polar surface area (TPSA) is 83.5 Å². The van der Waals surface area contributed by atoms with Crippen molar-refractivity contribution in [1.82, 2.24) is 0 Å². The molecule has 2 N–H and O–H groups in total. The number of carboxylic acid groups (broad SMARTS) is 1. The van der Waals surface area contributed by atoms with E-state index in [0.717, 1.165) is 0 Å². The van der Waals surface area contributed by atoms with Crippen molar-refractivity contribution < 1.29 is 18.3 Å². The van der Waals surface area contributed by atoms with Gasteiger partial charge in [0.2, 0.25) is 0 Å². The van der Waals surface area contributed by atoms with Gasteiger partial charge in [-0.3, -0.25) is 9.52 Å². The van der Waals surface area contributed by atoms with E-state index in [0.29, 0.717) is 15.7 Å². The summed E-state index contributed by atoms with van der Waals surface area (Å²) in [5, 5.41) is 8.76. The van der Waals surface area contributed by atoms with Gasteiger partial charge >= 0.3 is 5.97 Å². The number of anilines is 1. The van der Waals surface area contributed by atoms with Crippen LogP contribution < -0.4 is 4.72 Å². The molecule has 0 spiro atoms. The van der Waals surface area contributed by atoms with E-state index in [4.69, 9.17) is 5.11 Å². The highest BCUT2D eigenvalue weighted by molar-refractivity contribution is 9.10. The smallest absolute Gasteiger partial charge is 0.307 e. The van der Waals surface area contributed by atoms with E-state index in [1.165, 1.54) is 12.1 Å². The Morgan fingerprint density at radius 3 is 2.52 bits per heavy atom. The summed E-state index contributed by atoms with van der Waals surface area (Å²) in [6.07, 6.45) is -0.162. The number of carboxylic acids is 1. The summed E-state index contributed by atoms with van der Waals surface area (Å²) in [6.45, 7) is 0. The molecule has 0 heterocycles. The molecule has 0 radical (unpaired) electrons. The third-order valence-corrected chi connectivity index (χ3v) is 5.05. The van der Waals surface area contributed by atoms with Crippen LogP contribution in [0, 0.1) is 0 Å². The van der Waals surface area contributed by atoms with Gasteiger partial charge < -0.3 is 5.11 Å². The lowest BCUT2D eigenvalue weighted by Gasteiger charge is -2.10. The Kier molecular flexibility index (Phi) is 4.64. The minimum Gasteiger partial charge on any atom is -0.481 e. The van der Waals surface area contributed by atoms with Crippen molar-refractivity contribution in [3.05, 3.63) is 58.6 Å². The number of hydrogen-bond donors (Lipinski definition) is 2. The molecule has 0 aliphatic rings. The molecular weight excluding hydrogens is 358 g/mol. The summed E-state index contributed by atoms with van der Waals surface area (Å²) in [7, 11) is -3.73. The van der Waals surface area contributed by atoms with E-state index >= 15 is 0 Å². The molecule has 5 nitrogen and oxygen atoms in total. The van der Waals surface area contributed by atoms with Gasteiger partial charge in [0.1, 0.15) is 4.90 Å². The molecule has 0 saturated carbocycles. The Morgan fingerprint density at radius 2 is 1.86 bits per heavy atom. The minimum absolute atomic E-state index is 0.119. The number of rotatable bonds is 5. The lowest BCUT2D eigenvalue weighted by Crippen LogP contribution is -2.13. The van der Waals surface area contributed by atoms with Crippen molar-refractivity contribution in [2.45, 2.75) is 11.3 Å². The van der Waals surface area contributed by atoms with Crippen LogP contribution in [-0.2, 0) is 21.2 Å². The first-order valence-electron chi connectivity index (χ1n) is 5.96. The summed E-state index contributed by atoms with van der Waals surface area (Å²) >= 11 is 3.20. The average Bonchev–Trinajstić information content (AvgIpc) is 2.38. The van der Waals surface area contributed by atoms with Crippen molar-refractivity contribution >= 4 is 37.6 Å². The van der Waals surface area contributed by atoms with Gasteiger partial charge in [-0.25, -0.2) is 8.42 Å². The molecule has 2 aromatic carbocycles. The quantitative estimate of drug-likeness (QED) is 0.848. The first-order chi connectivity index (χ1) is 9.88. The standard InChI is InChI=1S/C14H12BrNO4S/c15-12-6-1-2-7-13(12)21(19,20)16-11-5-3-4-10(8-11)9-14(17)18/h1-8,16H,9H2,(H,17,18). The van der Waals surface area contributed by atoms with Crippen LogP contribution in [0.15, 0.2) is 57.9 Å². The van der Waals surface area contributed by atoms with Crippen LogP contribution in [0.2, 0.25) is 0 Å². The zero-order valence-corrected chi connectivity index (χ0v) is 13.2. The molecule has 110 valence electrons. The van der Waals surface area contributed by atoms with Crippen LogP contribution in [0.4, 0.5) is 5.69 Å². The first kappa shape index (κ1) is 15.5. The van der Waals surface area contributed by atoms with Gasteiger partial charge in [0.05, 0.1) is 6.42 Å². The molecule has 0 fully saturated rings. The molecule has 21 heavy (non-hydrogen) atoms. The number of halogens is 1. The van der Waals surface area contributed by atoms with Gasteiger partial charge in [-0.05, 0) is 45.8 Å². The van der Waals surface area contributed by atoms with Gasteiger partial charge in [0, 0.05) is 10.2 Å². The Labute approximate surface area is 130 Å². The van der Waals surface area contributed by atoms with E-state index in [1.54, 1.807) is 36.4 Å². The molecule has 0 aliphatic heterocycles. The molecular formula is C14H12BrNO4S. The summed E-state index contributed by atoms with van der Waals surface area (Å²) in [5.74, 6) is -0.971. The molecule has 2 rings (SSSR count). The molecule has 0 aliphatic carbocycles. The van der Waals surface area contributed by atoms with E-state index in [9.17, 15) is 13.2 Å². The minimum atomic E-state index is -3.73. The normalized spacial score (nSPS) is 11.1. The molecule has 7 heteroatoms. The van der Waals surface area contributed by atoms with Crippen LogP contribution in [0.25, 0.3) is 0 Å². The monoisotopic (exact) mass is 369 g/mol. The second-order valence-electron chi connectivity index (χ2n) is 4.31. The number of benzene rings is 2. The third-order valence-electron chi connectivity index (χ3n) is 2.66. The number of aliphatic carboxylic acids is 1. The van der Waals surface area contributed by atoms with Crippen molar-refractivity contribution in [2.75, 3.05) is 4.72 Å². The van der Waals surface area contributed by atoms with Crippen LogP contribution in [0.1, 0.15) is 5.56 Å². The predicted octanol–water partition coefficient (Wildman–Crippen LogP) is 2.88. The van der Waals surface area contributed by atoms with Crippen molar-refractivity contribution in [3.8, 4) is 0 Å². The highest BCUT2D eigenvalue weighted by atomic mass is 79.9. The van der Waals surface area contributed by atoms with Gasteiger partial charge in [0.15, 0.2) is 0 Å². The summed E-state index contributed by atoms with van der Waals surface area (Å²) in [5.41, 5.74) is 0.847. The fourth-order valence-electron chi connectivity index (χ4n) is 1.79. The Balaban J connectivity index is 2.29.